The van der Waals surface area contributed by atoms with E-state index in [0.29, 0.717) is 12.8 Å². The molecule has 266 valence electrons. The smallest absolute Gasteiger partial charge is 0.220 e. The van der Waals surface area contributed by atoms with Crippen LogP contribution in [0, 0.1) is 0 Å². The Bertz CT molecular complexity index is 647. The van der Waals surface area contributed by atoms with Crippen molar-refractivity contribution in [2.24, 2.45) is 0 Å². The second kappa shape index (κ2) is 37.3. The number of allylic oxidation sites excluding steroid dienone is 4. The molecule has 45 heavy (non-hydrogen) atoms. The lowest BCUT2D eigenvalue weighted by molar-refractivity contribution is -0.123. The van der Waals surface area contributed by atoms with E-state index in [2.05, 4.69) is 43.5 Å². The normalized spacial score (nSPS) is 13.2. The standard InChI is InChI=1S/C41H79NO3/c1-3-5-7-9-11-13-15-17-19-20-21-23-25-27-29-31-33-35-37-41(45)42-39(38-43)40(44)36-34-32-30-28-26-24-22-18-16-14-12-10-8-6-4-2/h13,15,19-20,39-40,43-44H,3-12,14,16-18,21-38H2,1-2H3,(H,42,45)/b15-13-,20-19-. The summed E-state index contributed by atoms with van der Waals surface area (Å²) in [5, 5.41) is 23.1. The summed E-state index contributed by atoms with van der Waals surface area (Å²) < 4.78 is 0. The minimum Gasteiger partial charge on any atom is -0.394 e. The highest BCUT2D eigenvalue weighted by atomic mass is 16.3. The summed E-state index contributed by atoms with van der Waals surface area (Å²) in [7, 11) is 0. The molecule has 0 saturated carbocycles. The van der Waals surface area contributed by atoms with Crippen molar-refractivity contribution in [3.8, 4) is 0 Å². The van der Waals surface area contributed by atoms with E-state index in [1.807, 2.05) is 0 Å². The van der Waals surface area contributed by atoms with E-state index in [-0.39, 0.29) is 12.5 Å². The van der Waals surface area contributed by atoms with Crippen LogP contribution in [0.1, 0.15) is 213 Å². The van der Waals surface area contributed by atoms with E-state index in [4.69, 9.17) is 0 Å². The van der Waals surface area contributed by atoms with Gasteiger partial charge in [-0.2, -0.15) is 0 Å². The third-order valence-electron chi connectivity index (χ3n) is 9.22. The zero-order chi connectivity index (χ0) is 32.9. The largest absolute Gasteiger partial charge is 0.394 e. The van der Waals surface area contributed by atoms with Gasteiger partial charge in [-0.25, -0.2) is 0 Å². The van der Waals surface area contributed by atoms with Crippen molar-refractivity contribution >= 4 is 5.91 Å². The summed E-state index contributed by atoms with van der Waals surface area (Å²) in [4.78, 5) is 12.4. The molecule has 0 aliphatic carbocycles. The van der Waals surface area contributed by atoms with E-state index in [0.717, 1.165) is 32.1 Å². The molecule has 0 rings (SSSR count). The zero-order valence-corrected chi connectivity index (χ0v) is 30.4. The maximum Gasteiger partial charge on any atom is 0.220 e. The molecular weight excluding hydrogens is 554 g/mol. The van der Waals surface area contributed by atoms with Crippen LogP contribution in [-0.2, 0) is 4.79 Å². The molecule has 0 bridgehead atoms. The highest BCUT2D eigenvalue weighted by molar-refractivity contribution is 5.76. The first-order valence-corrected chi connectivity index (χ1v) is 20.0. The summed E-state index contributed by atoms with van der Waals surface area (Å²) in [6, 6.07) is -0.537. The van der Waals surface area contributed by atoms with Crippen LogP contribution in [0.3, 0.4) is 0 Å². The Kier molecular flexibility index (Phi) is 36.4. The van der Waals surface area contributed by atoms with Gasteiger partial charge in [-0.15, -0.1) is 0 Å². The number of carbonyl (C=O) groups excluding carboxylic acids is 1. The second-order valence-corrected chi connectivity index (χ2v) is 13.7. The van der Waals surface area contributed by atoms with Crippen LogP contribution in [0.4, 0.5) is 0 Å². The van der Waals surface area contributed by atoms with Gasteiger partial charge in [0.05, 0.1) is 18.8 Å². The summed E-state index contributed by atoms with van der Waals surface area (Å²) in [6.07, 6.45) is 46.6. The van der Waals surface area contributed by atoms with Crippen molar-refractivity contribution in [1.29, 1.82) is 0 Å². The summed E-state index contributed by atoms with van der Waals surface area (Å²) in [5.74, 6) is -0.0391. The van der Waals surface area contributed by atoms with Gasteiger partial charge in [-0.3, -0.25) is 4.79 Å². The van der Waals surface area contributed by atoms with Gasteiger partial charge in [-0.05, 0) is 44.9 Å². The average Bonchev–Trinajstić information content (AvgIpc) is 3.04. The first-order chi connectivity index (χ1) is 22.2. The number of rotatable bonds is 36. The molecule has 1 amide bonds. The van der Waals surface area contributed by atoms with Crippen LogP contribution < -0.4 is 5.32 Å². The molecule has 0 fully saturated rings. The van der Waals surface area contributed by atoms with Crippen molar-refractivity contribution < 1.29 is 15.0 Å². The van der Waals surface area contributed by atoms with Gasteiger partial charge in [0.15, 0.2) is 0 Å². The van der Waals surface area contributed by atoms with Crippen LogP contribution in [0.25, 0.3) is 0 Å². The fraction of sp³-hybridized carbons (Fsp3) is 0.878. The lowest BCUT2D eigenvalue weighted by Gasteiger charge is -2.22. The number of aliphatic hydroxyl groups excluding tert-OH is 2. The zero-order valence-electron chi connectivity index (χ0n) is 30.4. The van der Waals surface area contributed by atoms with Gasteiger partial charge in [-0.1, -0.05) is 186 Å². The minimum atomic E-state index is -0.660. The Balaban J connectivity index is 3.56. The SMILES string of the molecule is CCCCCC/C=C\C/C=C\CCCCCCCCCC(=O)NC(CO)C(O)CCCCCCCCCCCCCCCCC. The maximum absolute atomic E-state index is 12.4. The first kappa shape index (κ1) is 43.9. The first-order valence-electron chi connectivity index (χ1n) is 20.0. The lowest BCUT2D eigenvalue weighted by Crippen LogP contribution is -2.45. The maximum atomic E-state index is 12.4. The van der Waals surface area contributed by atoms with E-state index in [1.54, 1.807) is 0 Å². The van der Waals surface area contributed by atoms with Crippen LogP contribution in [0.2, 0.25) is 0 Å². The van der Waals surface area contributed by atoms with E-state index >= 15 is 0 Å². The molecule has 3 N–H and O–H groups in total. The van der Waals surface area contributed by atoms with E-state index < -0.39 is 12.1 Å². The molecule has 2 unspecified atom stereocenters. The predicted octanol–water partition coefficient (Wildman–Crippen LogP) is 12.1. The van der Waals surface area contributed by atoms with E-state index in [9.17, 15) is 15.0 Å². The second-order valence-electron chi connectivity index (χ2n) is 13.7. The number of unbranched alkanes of at least 4 members (excludes halogenated alkanes) is 25. The van der Waals surface area contributed by atoms with Gasteiger partial charge in [0.2, 0.25) is 5.91 Å². The van der Waals surface area contributed by atoms with Crippen LogP contribution in [0.5, 0.6) is 0 Å². The summed E-state index contributed by atoms with van der Waals surface area (Å²) in [6.45, 7) is 4.34. The van der Waals surface area contributed by atoms with Gasteiger partial charge in [0.25, 0.3) is 0 Å². The number of amides is 1. The number of hydrogen-bond donors (Lipinski definition) is 3. The van der Waals surface area contributed by atoms with E-state index in [1.165, 1.54) is 154 Å². The molecule has 4 heteroatoms. The van der Waals surface area contributed by atoms with Crippen molar-refractivity contribution in [3.05, 3.63) is 24.3 Å². The number of aliphatic hydroxyl groups is 2. The van der Waals surface area contributed by atoms with Crippen LogP contribution in [0.15, 0.2) is 24.3 Å². The Morgan fingerprint density at radius 2 is 0.911 bits per heavy atom. The fourth-order valence-corrected chi connectivity index (χ4v) is 6.10. The molecule has 0 spiro atoms. The molecule has 0 aromatic carbocycles. The molecule has 0 saturated heterocycles. The van der Waals surface area contributed by atoms with Gasteiger partial charge < -0.3 is 15.5 Å². The topological polar surface area (TPSA) is 69.6 Å². The highest BCUT2D eigenvalue weighted by Crippen LogP contribution is 2.15. The summed E-state index contributed by atoms with van der Waals surface area (Å²) >= 11 is 0. The van der Waals surface area contributed by atoms with Crippen molar-refractivity contribution in [2.45, 2.75) is 225 Å². The molecule has 4 nitrogen and oxygen atoms in total. The van der Waals surface area contributed by atoms with Crippen molar-refractivity contribution in [3.63, 3.8) is 0 Å². The Hall–Kier alpha value is -1.13. The Labute approximate surface area is 281 Å². The van der Waals surface area contributed by atoms with Gasteiger partial charge in [0.1, 0.15) is 0 Å². The molecule has 2 atom stereocenters. The molecule has 0 aromatic heterocycles. The lowest BCUT2D eigenvalue weighted by atomic mass is 10.0. The molecule has 0 aliphatic heterocycles. The minimum absolute atomic E-state index is 0.0391. The van der Waals surface area contributed by atoms with Gasteiger partial charge >= 0.3 is 0 Å². The van der Waals surface area contributed by atoms with Gasteiger partial charge in [0, 0.05) is 6.42 Å². The third kappa shape index (κ3) is 34.0. The molecule has 0 aliphatic rings. The van der Waals surface area contributed by atoms with Crippen LogP contribution >= 0.6 is 0 Å². The van der Waals surface area contributed by atoms with Crippen molar-refractivity contribution in [1.82, 2.24) is 5.32 Å². The monoisotopic (exact) mass is 634 g/mol. The Morgan fingerprint density at radius 3 is 1.36 bits per heavy atom. The highest BCUT2D eigenvalue weighted by Gasteiger charge is 2.19. The van der Waals surface area contributed by atoms with Crippen LogP contribution in [-0.4, -0.2) is 34.9 Å². The van der Waals surface area contributed by atoms with Crippen molar-refractivity contribution in [2.75, 3.05) is 6.61 Å². The molecular formula is C41H79NO3. The fourth-order valence-electron chi connectivity index (χ4n) is 6.10. The molecule has 0 aromatic rings. The number of nitrogens with one attached hydrogen (secondary N) is 1. The number of carbonyl (C=O) groups is 1. The molecule has 0 heterocycles. The third-order valence-corrected chi connectivity index (χ3v) is 9.22. The summed E-state index contributed by atoms with van der Waals surface area (Å²) in [5.41, 5.74) is 0. The quantitative estimate of drug-likeness (QED) is 0.0475. The average molecular weight is 634 g/mol. The number of hydrogen-bond acceptors (Lipinski definition) is 3. The molecule has 0 radical (unpaired) electrons. The predicted molar refractivity (Wildman–Crippen MR) is 198 cm³/mol. The Morgan fingerprint density at radius 1 is 0.533 bits per heavy atom.